The normalized spacial score (nSPS) is 24.9. The zero-order valence-electron chi connectivity index (χ0n) is 12.5. The van der Waals surface area contributed by atoms with Gasteiger partial charge in [-0.25, -0.2) is 0 Å². The minimum absolute atomic E-state index is 0.0929. The van der Waals surface area contributed by atoms with Gasteiger partial charge in [-0.05, 0) is 55.4 Å². The number of aryl methyl sites for hydroxylation is 1. The first-order chi connectivity index (χ1) is 10.1. The molecular weight excluding hydrogens is 266 g/mol. The Kier molecular flexibility index (Phi) is 3.89. The molecule has 0 aromatic heterocycles. The van der Waals surface area contributed by atoms with Crippen molar-refractivity contribution in [1.29, 1.82) is 0 Å². The third kappa shape index (κ3) is 2.77. The van der Waals surface area contributed by atoms with Crippen LogP contribution in [-0.2, 0) is 16.8 Å². The number of rotatable bonds is 4. The third-order valence-corrected chi connectivity index (χ3v) is 4.88. The molecule has 1 amide bonds. The number of aliphatic hydroxyl groups is 1. The molecule has 1 aromatic carbocycles. The number of hydrogen-bond donors (Lipinski definition) is 2. The van der Waals surface area contributed by atoms with Gasteiger partial charge in [0.25, 0.3) is 0 Å². The van der Waals surface area contributed by atoms with Crippen LogP contribution in [0.3, 0.4) is 0 Å². The zero-order valence-corrected chi connectivity index (χ0v) is 12.5. The van der Waals surface area contributed by atoms with Crippen molar-refractivity contribution in [3.8, 4) is 5.75 Å². The molecule has 0 saturated heterocycles. The monoisotopic (exact) mass is 289 g/mol. The first kappa shape index (κ1) is 14.4. The van der Waals surface area contributed by atoms with E-state index >= 15 is 0 Å². The predicted octanol–water partition coefficient (Wildman–Crippen LogP) is 2.14. The number of methoxy groups -OCH3 is 1. The van der Waals surface area contributed by atoms with E-state index in [1.165, 1.54) is 0 Å². The van der Waals surface area contributed by atoms with Gasteiger partial charge in [-0.1, -0.05) is 12.5 Å². The molecule has 1 fully saturated rings. The molecule has 2 N–H and O–H groups in total. The summed E-state index contributed by atoms with van der Waals surface area (Å²) in [6.07, 6.45) is 5.68. The van der Waals surface area contributed by atoms with Crippen LogP contribution in [0.2, 0.25) is 0 Å². The summed E-state index contributed by atoms with van der Waals surface area (Å²) >= 11 is 0. The standard InChI is InChI=1S/C17H23NO3/c1-21-14-7-8-15-13(10-14)6-3-9-17(15,20)11-18-16(19)12-4-2-5-12/h7-8,10,12,20H,2-6,9,11H2,1H3,(H,18,19)/t17-/m1/s1. The van der Waals surface area contributed by atoms with Gasteiger partial charge in [-0.15, -0.1) is 0 Å². The van der Waals surface area contributed by atoms with E-state index in [9.17, 15) is 9.90 Å². The predicted molar refractivity (Wildman–Crippen MR) is 80.2 cm³/mol. The molecule has 1 aromatic rings. The van der Waals surface area contributed by atoms with Crippen molar-refractivity contribution in [3.05, 3.63) is 29.3 Å². The number of carbonyl (C=O) groups is 1. The molecular formula is C17H23NO3. The highest BCUT2D eigenvalue weighted by molar-refractivity contribution is 5.79. The topological polar surface area (TPSA) is 58.6 Å². The Morgan fingerprint density at radius 1 is 1.43 bits per heavy atom. The summed E-state index contributed by atoms with van der Waals surface area (Å²) in [5, 5.41) is 13.9. The maximum Gasteiger partial charge on any atom is 0.223 e. The van der Waals surface area contributed by atoms with Crippen molar-refractivity contribution in [1.82, 2.24) is 5.32 Å². The minimum Gasteiger partial charge on any atom is -0.497 e. The van der Waals surface area contributed by atoms with Crippen molar-refractivity contribution in [2.45, 2.75) is 44.1 Å². The number of nitrogens with one attached hydrogen (secondary N) is 1. The Morgan fingerprint density at radius 3 is 2.90 bits per heavy atom. The van der Waals surface area contributed by atoms with Crippen LogP contribution >= 0.6 is 0 Å². The lowest BCUT2D eigenvalue weighted by atomic mass is 9.78. The molecule has 114 valence electrons. The second-order valence-electron chi connectivity index (χ2n) is 6.25. The summed E-state index contributed by atoms with van der Waals surface area (Å²) in [5.41, 5.74) is 1.11. The quantitative estimate of drug-likeness (QED) is 0.893. The largest absolute Gasteiger partial charge is 0.497 e. The minimum atomic E-state index is -0.945. The van der Waals surface area contributed by atoms with Crippen LogP contribution in [0.5, 0.6) is 5.75 Å². The summed E-state index contributed by atoms with van der Waals surface area (Å²) in [7, 11) is 1.65. The molecule has 0 radical (unpaired) electrons. The van der Waals surface area contributed by atoms with Crippen LogP contribution in [0.4, 0.5) is 0 Å². The molecule has 1 saturated carbocycles. The van der Waals surface area contributed by atoms with E-state index in [0.29, 0.717) is 13.0 Å². The highest BCUT2D eigenvalue weighted by Crippen LogP contribution is 2.37. The summed E-state index contributed by atoms with van der Waals surface area (Å²) in [6, 6.07) is 5.80. The molecule has 0 aliphatic heterocycles. The van der Waals surface area contributed by atoms with E-state index in [-0.39, 0.29) is 11.8 Å². The molecule has 0 unspecified atom stereocenters. The van der Waals surface area contributed by atoms with E-state index in [0.717, 1.165) is 49.0 Å². The molecule has 2 aliphatic carbocycles. The van der Waals surface area contributed by atoms with Gasteiger partial charge in [-0.3, -0.25) is 4.79 Å². The van der Waals surface area contributed by atoms with Gasteiger partial charge in [0.15, 0.2) is 0 Å². The van der Waals surface area contributed by atoms with Crippen LogP contribution in [0.1, 0.15) is 43.2 Å². The smallest absolute Gasteiger partial charge is 0.223 e. The second kappa shape index (κ2) is 5.68. The van der Waals surface area contributed by atoms with Crippen molar-refractivity contribution in [3.63, 3.8) is 0 Å². The Balaban J connectivity index is 1.74. The first-order valence-corrected chi connectivity index (χ1v) is 7.80. The average Bonchev–Trinajstić information content (AvgIpc) is 2.43. The SMILES string of the molecule is COc1ccc2c(c1)CCC[C@@]2(O)CNC(=O)C1CCC1. The molecule has 4 nitrogen and oxygen atoms in total. The molecule has 0 spiro atoms. The Labute approximate surface area is 125 Å². The molecule has 21 heavy (non-hydrogen) atoms. The number of benzene rings is 1. The van der Waals surface area contributed by atoms with Crippen LogP contribution in [0.15, 0.2) is 18.2 Å². The van der Waals surface area contributed by atoms with E-state index in [1.807, 2.05) is 18.2 Å². The summed E-state index contributed by atoms with van der Waals surface area (Å²) in [4.78, 5) is 12.0. The van der Waals surface area contributed by atoms with Crippen LogP contribution < -0.4 is 10.1 Å². The maximum absolute atomic E-state index is 12.0. The third-order valence-electron chi connectivity index (χ3n) is 4.88. The lowest BCUT2D eigenvalue weighted by molar-refractivity contribution is -0.128. The molecule has 2 aliphatic rings. The van der Waals surface area contributed by atoms with Gasteiger partial charge in [0, 0.05) is 5.92 Å². The molecule has 4 heteroatoms. The zero-order chi connectivity index (χ0) is 14.9. The fourth-order valence-corrected chi connectivity index (χ4v) is 3.30. The van der Waals surface area contributed by atoms with Gasteiger partial charge < -0.3 is 15.2 Å². The lowest BCUT2D eigenvalue weighted by Crippen LogP contribution is -2.45. The van der Waals surface area contributed by atoms with E-state index in [2.05, 4.69) is 5.32 Å². The Hall–Kier alpha value is -1.55. The van der Waals surface area contributed by atoms with Gasteiger partial charge in [0.1, 0.15) is 11.4 Å². The Bertz CT molecular complexity index is 539. The highest BCUT2D eigenvalue weighted by atomic mass is 16.5. The fourth-order valence-electron chi connectivity index (χ4n) is 3.30. The summed E-state index contributed by atoms with van der Waals surface area (Å²) in [5.74, 6) is 1.07. The maximum atomic E-state index is 12.0. The number of ether oxygens (including phenoxy) is 1. The van der Waals surface area contributed by atoms with E-state index in [4.69, 9.17) is 4.74 Å². The molecule has 3 rings (SSSR count). The number of carbonyl (C=O) groups excluding carboxylic acids is 1. The van der Waals surface area contributed by atoms with Gasteiger partial charge in [0.05, 0.1) is 13.7 Å². The van der Waals surface area contributed by atoms with Gasteiger partial charge in [0.2, 0.25) is 5.91 Å². The summed E-state index contributed by atoms with van der Waals surface area (Å²) < 4.78 is 5.25. The number of hydrogen-bond acceptors (Lipinski definition) is 3. The number of fused-ring (bicyclic) bond motifs is 1. The highest BCUT2D eigenvalue weighted by Gasteiger charge is 2.36. The first-order valence-electron chi connectivity index (χ1n) is 7.80. The fraction of sp³-hybridized carbons (Fsp3) is 0.588. The molecule has 1 atom stereocenters. The van der Waals surface area contributed by atoms with Crippen molar-refractivity contribution < 1.29 is 14.6 Å². The summed E-state index contributed by atoms with van der Waals surface area (Å²) in [6.45, 7) is 0.307. The van der Waals surface area contributed by atoms with Crippen LogP contribution in [0, 0.1) is 5.92 Å². The average molecular weight is 289 g/mol. The van der Waals surface area contributed by atoms with E-state index in [1.54, 1.807) is 7.11 Å². The van der Waals surface area contributed by atoms with Gasteiger partial charge in [-0.2, -0.15) is 0 Å². The van der Waals surface area contributed by atoms with Crippen molar-refractivity contribution >= 4 is 5.91 Å². The number of amides is 1. The second-order valence-corrected chi connectivity index (χ2v) is 6.25. The van der Waals surface area contributed by atoms with Crippen molar-refractivity contribution in [2.24, 2.45) is 5.92 Å². The molecule has 0 heterocycles. The van der Waals surface area contributed by atoms with Crippen molar-refractivity contribution in [2.75, 3.05) is 13.7 Å². The van der Waals surface area contributed by atoms with Crippen LogP contribution in [0.25, 0.3) is 0 Å². The molecule has 0 bridgehead atoms. The van der Waals surface area contributed by atoms with E-state index < -0.39 is 5.60 Å². The van der Waals surface area contributed by atoms with Gasteiger partial charge >= 0.3 is 0 Å². The Morgan fingerprint density at radius 2 is 2.24 bits per heavy atom. The lowest BCUT2D eigenvalue weighted by Gasteiger charge is -2.35. The van der Waals surface area contributed by atoms with Crippen LogP contribution in [-0.4, -0.2) is 24.7 Å².